The quantitative estimate of drug-likeness (QED) is 0.566. The summed E-state index contributed by atoms with van der Waals surface area (Å²) in [7, 11) is 0. The van der Waals surface area contributed by atoms with Gasteiger partial charge in [0.2, 0.25) is 0 Å². The zero-order valence-electron chi connectivity index (χ0n) is 17.4. The molecule has 1 aliphatic heterocycles. The molecule has 6 heteroatoms. The van der Waals surface area contributed by atoms with E-state index in [4.69, 9.17) is 4.74 Å². The second kappa shape index (κ2) is 7.73. The molecule has 0 spiro atoms. The summed E-state index contributed by atoms with van der Waals surface area (Å²) >= 11 is 0. The Labute approximate surface area is 172 Å². The maximum Gasteiger partial charge on any atom is 0.334 e. The topological polar surface area (TPSA) is 84.6 Å². The summed E-state index contributed by atoms with van der Waals surface area (Å²) in [5.74, 6) is 0.0216. The third-order valence-corrected chi connectivity index (χ3v) is 7.84. The van der Waals surface area contributed by atoms with Gasteiger partial charge in [-0.15, -0.1) is 0 Å². The summed E-state index contributed by atoms with van der Waals surface area (Å²) in [5, 5.41) is 20.9. The molecule has 29 heavy (non-hydrogen) atoms. The molecule has 1 fully saturated rings. The van der Waals surface area contributed by atoms with E-state index in [1.165, 1.54) is 11.1 Å². The van der Waals surface area contributed by atoms with Gasteiger partial charge in [0.1, 0.15) is 6.61 Å². The van der Waals surface area contributed by atoms with Gasteiger partial charge < -0.3 is 19.5 Å². The van der Waals surface area contributed by atoms with Crippen LogP contribution in [0.3, 0.4) is 0 Å². The fourth-order valence-corrected chi connectivity index (χ4v) is 6.09. The third-order valence-electron chi connectivity index (χ3n) is 7.84. The Morgan fingerprint density at radius 1 is 1.31 bits per heavy atom. The number of esters is 1. The molecule has 0 aromatic carbocycles. The van der Waals surface area contributed by atoms with E-state index in [9.17, 15) is 15.0 Å². The summed E-state index contributed by atoms with van der Waals surface area (Å²) in [4.78, 5) is 16.1. The van der Waals surface area contributed by atoms with Crippen molar-refractivity contribution in [3.8, 4) is 0 Å². The summed E-state index contributed by atoms with van der Waals surface area (Å²) in [6, 6.07) is 0. The molecule has 0 bridgehead atoms. The van der Waals surface area contributed by atoms with Crippen molar-refractivity contribution in [1.29, 1.82) is 0 Å². The molecule has 4 rings (SSSR count). The highest BCUT2D eigenvalue weighted by atomic mass is 16.5. The molecule has 1 saturated carbocycles. The molecule has 6 nitrogen and oxygen atoms in total. The van der Waals surface area contributed by atoms with Crippen LogP contribution in [0.15, 0.2) is 41.5 Å². The van der Waals surface area contributed by atoms with Crippen molar-refractivity contribution in [2.24, 2.45) is 16.7 Å². The lowest BCUT2D eigenvalue weighted by Crippen LogP contribution is -2.55. The van der Waals surface area contributed by atoms with Crippen LogP contribution in [0, 0.1) is 16.7 Å². The molecule has 2 N–H and O–H groups in total. The van der Waals surface area contributed by atoms with Crippen molar-refractivity contribution < 1.29 is 19.7 Å². The van der Waals surface area contributed by atoms with Crippen molar-refractivity contribution in [3.63, 3.8) is 0 Å². The van der Waals surface area contributed by atoms with Gasteiger partial charge in [0, 0.05) is 29.9 Å². The lowest BCUT2D eigenvalue weighted by atomic mass is 9.48. The molecule has 4 atom stereocenters. The fourth-order valence-electron chi connectivity index (χ4n) is 6.09. The van der Waals surface area contributed by atoms with Crippen molar-refractivity contribution in [3.05, 3.63) is 41.5 Å². The van der Waals surface area contributed by atoms with Gasteiger partial charge in [-0.1, -0.05) is 25.0 Å². The summed E-state index contributed by atoms with van der Waals surface area (Å²) < 4.78 is 7.19. The van der Waals surface area contributed by atoms with E-state index < -0.39 is 11.5 Å². The van der Waals surface area contributed by atoms with Crippen LogP contribution in [-0.2, 0) is 16.1 Å². The van der Waals surface area contributed by atoms with Crippen LogP contribution in [0.5, 0.6) is 0 Å². The van der Waals surface area contributed by atoms with E-state index in [0.29, 0.717) is 19.4 Å². The predicted molar refractivity (Wildman–Crippen MR) is 109 cm³/mol. The highest BCUT2D eigenvalue weighted by Crippen LogP contribution is 2.60. The van der Waals surface area contributed by atoms with Gasteiger partial charge >= 0.3 is 5.97 Å². The molecular formula is C23H32N2O4. The first kappa shape index (κ1) is 20.4. The number of cyclic esters (lactones) is 1. The molecule has 0 amide bonds. The number of aliphatic hydroxyl groups excluding tert-OH is 2. The van der Waals surface area contributed by atoms with Crippen LogP contribution < -0.4 is 0 Å². The zero-order chi connectivity index (χ0) is 20.6. The Kier molecular flexibility index (Phi) is 5.42. The number of aromatic nitrogens is 2. The Bertz CT molecular complexity index is 828. The number of carbonyl (C=O) groups is 1. The normalized spacial score (nSPS) is 34.8. The first-order valence-corrected chi connectivity index (χ1v) is 10.7. The van der Waals surface area contributed by atoms with Crippen molar-refractivity contribution >= 4 is 5.97 Å². The zero-order valence-corrected chi connectivity index (χ0v) is 17.4. The SMILES string of the molecule is C[C@@]12CC[C@@H](O)[C@@](C)(CO)C1CCC(Cn1ccnc1)=C2CCC1=CCOC1=O. The van der Waals surface area contributed by atoms with Gasteiger partial charge in [-0.2, -0.15) is 0 Å². The molecule has 2 aliphatic carbocycles. The monoisotopic (exact) mass is 400 g/mol. The lowest BCUT2D eigenvalue weighted by molar-refractivity contribution is -0.136. The summed E-state index contributed by atoms with van der Waals surface area (Å²) in [6.07, 6.45) is 12.0. The van der Waals surface area contributed by atoms with Crippen LogP contribution in [0.1, 0.15) is 52.4 Å². The van der Waals surface area contributed by atoms with Gasteiger partial charge in [-0.3, -0.25) is 0 Å². The standard InChI is InChI=1S/C23H32N2O4/c1-22-9-7-20(27)23(2,14-26)19(22)6-4-17(13-25-11-10-24-15-25)18(22)5-3-16-8-12-29-21(16)28/h8,10-11,15,19-20,26-27H,3-7,9,12-14H2,1-2H3/t19?,20-,22+,23+/m1/s1. The Hall–Kier alpha value is -1.92. The average Bonchev–Trinajstić information content (AvgIpc) is 3.36. The highest BCUT2D eigenvalue weighted by Gasteiger charge is 2.55. The van der Waals surface area contributed by atoms with Crippen LogP contribution in [-0.4, -0.2) is 45.1 Å². The smallest absolute Gasteiger partial charge is 0.334 e. The van der Waals surface area contributed by atoms with Gasteiger partial charge in [-0.25, -0.2) is 9.78 Å². The Morgan fingerprint density at radius 3 is 2.79 bits per heavy atom. The first-order valence-electron chi connectivity index (χ1n) is 10.7. The van der Waals surface area contributed by atoms with Crippen molar-refractivity contribution in [2.75, 3.05) is 13.2 Å². The molecular weight excluding hydrogens is 368 g/mol. The number of fused-ring (bicyclic) bond motifs is 1. The highest BCUT2D eigenvalue weighted by molar-refractivity contribution is 5.90. The number of nitrogens with zero attached hydrogens (tertiary/aromatic N) is 2. The third kappa shape index (κ3) is 3.46. The molecule has 3 aliphatic rings. The number of hydrogen-bond donors (Lipinski definition) is 2. The van der Waals surface area contributed by atoms with Crippen LogP contribution in [0.2, 0.25) is 0 Å². The second-order valence-corrected chi connectivity index (χ2v) is 9.37. The molecule has 1 unspecified atom stereocenters. The van der Waals surface area contributed by atoms with E-state index in [0.717, 1.165) is 37.8 Å². The fraction of sp³-hybridized carbons (Fsp3) is 0.652. The number of carbonyl (C=O) groups excluding carboxylic acids is 1. The minimum absolute atomic E-state index is 0.00393. The summed E-state index contributed by atoms with van der Waals surface area (Å²) in [6.45, 7) is 5.52. The van der Waals surface area contributed by atoms with Gasteiger partial charge in [0.05, 0.1) is 19.0 Å². The number of rotatable bonds is 6. The van der Waals surface area contributed by atoms with Gasteiger partial charge in [0.25, 0.3) is 0 Å². The number of aliphatic hydroxyl groups is 2. The largest absolute Gasteiger partial charge is 0.458 e. The van der Waals surface area contributed by atoms with E-state index in [1.807, 2.05) is 25.5 Å². The number of hydrogen-bond acceptors (Lipinski definition) is 5. The molecule has 2 heterocycles. The number of ether oxygens (including phenoxy) is 1. The molecule has 1 aromatic heterocycles. The van der Waals surface area contributed by atoms with Crippen LogP contribution >= 0.6 is 0 Å². The maximum atomic E-state index is 12.0. The van der Waals surface area contributed by atoms with E-state index >= 15 is 0 Å². The lowest BCUT2D eigenvalue weighted by Gasteiger charge is -2.57. The minimum Gasteiger partial charge on any atom is -0.458 e. The van der Waals surface area contributed by atoms with Crippen molar-refractivity contribution in [1.82, 2.24) is 9.55 Å². The number of imidazole rings is 1. The van der Waals surface area contributed by atoms with Crippen LogP contribution in [0.4, 0.5) is 0 Å². The second-order valence-electron chi connectivity index (χ2n) is 9.37. The van der Waals surface area contributed by atoms with Gasteiger partial charge in [0.15, 0.2) is 0 Å². The van der Waals surface area contributed by atoms with E-state index in [2.05, 4.69) is 16.5 Å². The summed E-state index contributed by atoms with van der Waals surface area (Å²) in [5.41, 5.74) is 2.99. The van der Waals surface area contributed by atoms with Crippen molar-refractivity contribution in [2.45, 2.75) is 65.0 Å². The van der Waals surface area contributed by atoms with E-state index in [-0.39, 0.29) is 23.9 Å². The molecule has 1 aromatic rings. The molecule has 158 valence electrons. The van der Waals surface area contributed by atoms with Crippen LogP contribution in [0.25, 0.3) is 0 Å². The Balaban J connectivity index is 1.69. The maximum absolute atomic E-state index is 12.0. The average molecular weight is 401 g/mol. The molecule has 0 radical (unpaired) electrons. The minimum atomic E-state index is -0.496. The van der Waals surface area contributed by atoms with Gasteiger partial charge in [-0.05, 0) is 55.9 Å². The van der Waals surface area contributed by atoms with E-state index in [1.54, 1.807) is 6.20 Å². The molecule has 0 saturated heterocycles. The number of allylic oxidation sites excluding steroid dienone is 2. The predicted octanol–water partition coefficient (Wildman–Crippen LogP) is 3.01. The first-order chi connectivity index (χ1) is 13.9. The Morgan fingerprint density at radius 2 is 2.14 bits per heavy atom.